The zero-order chi connectivity index (χ0) is 22.2. The van der Waals surface area contributed by atoms with Gasteiger partial charge >= 0.3 is 6.18 Å². The molecule has 0 amide bonds. The summed E-state index contributed by atoms with van der Waals surface area (Å²) in [5, 5.41) is 4.23. The summed E-state index contributed by atoms with van der Waals surface area (Å²) in [5.41, 5.74) is -0.212. The van der Waals surface area contributed by atoms with Crippen LogP contribution >= 0.6 is 23.2 Å². The number of hydrogen-bond donors (Lipinski definition) is 0. The molecule has 1 aromatic carbocycles. The molecular formula is C20H16Cl2F3N5O. The molecule has 3 aromatic rings. The number of anilines is 2. The summed E-state index contributed by atoms with van der Waals surface area (Å²) in [5.74, 6) is 0.290. The molecule has 1 fully saturated rings. The third kappa shape index (κ3) is 4.33. The molecule has 2 aromatic heterocycles. The summed E-state index contributed by atoms with van der Waals surface area (Å²) >= 11 is 12.4. The first kappa shape index (κ1) is 21.5. The van der Waals surface area contributed by atoms with E-state index in [0.717, 1.165) is 12.3 Å². The maximum absolute atomic E-state index is 12.8. The fraction of sp³-hybridized carbons (Fsp3) is 0.250. The molecule has 31 heavy (non-hydrogen) atoms. The van der Waals surface area contributed by atoms with Gasteiger partial charge < -0.3 is 9.80 Å². The summed E-state index contributed by atoms with van der Waals surface area (Å²) in [4.78, 5) is 20.3. The first-order valence-corrected chi connectivity index (χ1v) is 10.1. The minimum absolute atomic E-state index is 0.0537. The Morgan fingerprint density at radius 2 is 1.58 bits per heavy atom. The highest BCUT2D eigenvalue weighted by molar-refractivity contribution is 6.33. The van der Waals surface area contributed by atoms with Gasteiger partial charge in [-0.3, -0.25) is 4.79 Å². The van der Waals surface area contributed by atoms with Crippen molar-refractivity contribution in [2.75, 3.05) is 36.0 Å². The van der Waals surface area contributed by atoms with Gasteiger partial charge in [-0.1, -0.05) is 41.4 Å². The molecule has 6 nitrogen and oxygen atoms in total. The van der Waals surface area contributed by atoms with Crippen molar-refractivity contribution in [3.05, 3.63) is 74.8 Å². The van der Waals surface area contributed by atoms with Gasteiger partial charge in [0.1, 0.15) is 10.8 Å². The normalized spacial score (nSPS) is 14.7. The monoisotopic (exact) mass is 469 g/mol. The zero-order valence-electron chi connectivity index (χ0n) is 16.0. The van der Waals surface area contributed by atoms with Gasteiger partial charge in [0, 0.05) is 32.4 Å². The number of pyridine rings is 1. The fourth-order valence-corrected chi connectivity index (χ4v) is 3.91. The van der Waals surface area contributed by atoms with E-state index in [4.69, 9.17) is 23.2 Å². The highest BCUT2D eigenvalue weighted by Crippen LogP contribution is 2.34. The van der Waals surface area contributed by atoms with Crippen LogP contribution in [-0.2, 0) is 6.18 Å². The van der Waals surface area contributed by atoms with Gasteiger partial charge in [-0.2, -0.15) is 23.0 Å². The molecule has 0 aliphatic carbocycles. The van der Waals surface area contributed by atoms with Gasteiger partial charge in [0.15, 0.2) is 0 Å². The second kappa shape index (κ2) is 8.39. The molecule has 0 atom stereocenters. The molecule has 1 aliphatic heterocycles. The SMILES string of the molecule is O=c1c(Cl)c(N2CCN(c3ncc(C(F)(F)F)cc3Cl)CC2)cnn1-c1ccccc1. The smallest absolute Gasteiger partial charge is 0.365 e. The van der Waals surface area contributed by atoms with Crippen molar-refractivity contribution < 1.29 is 13.2 Å². The van der Waals surface area contributed by atoms with Crippen LogP contribution in [0.25, 0.3) is 5.69 Å². The summed E-state index contributed by atoms with van der Waals surface area (Å²) in [7, 11) is 0. The van der Waals surface area contributed by atoms with E-state index in [1.807, 2.05) is 11.0 Å². The third-order valence-electron chi connectivity index (χ3n) is 4.97. The lowest BCUT2D eigenvalue weighted by Crippen LogP contribution is -2.47. The maximum Gasteiger partial charge on any atom is 0.417 e. The van der Waals surface area contributed by atoms with Gasteiger partial charge in [0.05, 0.1) is 28.2 Å². The summed E-state index contributed by atoms with van der Waals surface area (Å²) in [6.45, 7) is 1.82. The fourth-order valence-electron chi connectivity index (χ4n) is 3.38. The molecule has 11 heteroatoms. The topological polar surface area (TPSA) is 54.3 Å². The largest absolute Gasteiger partial charge is 0.417 e. The van der Waals surface area contributed by atoms with Gasteiger partial charge in [0.25, 0.3) is 5.56 Å². The standard InChI is InChI=1S/C20H16Cl2F3N5O/c21-15-10-13(20(23,24)25)11-26-18(15)29-8-6-28(7-9-29)16-12-27-30(19(31)17(16)22)14-4-2-1-3-5-14/h1-5,10-12H,6-9H2. The van der Waals surface area contributed by atoms with Crippen molar-refractivity contribution in [2.45, 2.75) is 6.18 Å². The first-order chi connectivity index (χ1) is 14.8. The van der Waals surface area contributed by atoms with E-state index in [0.29, 0.717) is 37.6 Å². The minimum atomic E-state index is -4.50. The number of aromatic nitrogens is 3. The molecular weight excluding hydrogens is 454 g/mol. The maximum atomic E-state index is 12.8. The predicted molar refractivity (Wildman–Crippen MR) is 114 cm³/mol. The van der Waals surface area contributed by atoms with E-state index in [1.165, 1.54) is 10.9 Å². The van der Waals surface area contributed by atoms with Crippen molar-refractivity contribution in [3.8, 4) is 5.69 Å². The number of benzene rings is 1. The molecule has 0 spiro atoms. The highest BCUT2D eigenvalue weighted by Gasteiger charge is 2.32. The van der Waals surface area contributed by atoms with Gasteiger partial charge in [0.2, 0.25) is 0 Å². The molecule has 0 unspecified atom stereocenters. The van der Waals surface area contributed by atoms with Crippen LogP contribution in [0.3, 0.4) is 0 Å². The first-order valence-electron chi connectivity index (χ1n) is 9.31. The molecule has 0 N–H and O–H groups in total. The Morgan fingerprint density at radius 3 is 2.19 bits per heavy atom. The van der Waals surface area contributed by atoms with Gasteiger partial charge in [-0.25, -0.2) is 4.98 Å². The van der Waals surface area contributed by atoms with Crippen molar-refractivity contribution in [3.63, 3.8) is 0 Å². The van der Waals surface area contributed by atoms with Crippen LogP contribution in [0, 0.1) is 0 Å². The minimum Gasteiger partial charge on any atom is -0.365 e. The van der Waals surface area contributed by atoms with Crippen LogP contribution in [0.5, 0.6) is 0 Å². The summed E-state index contributed by atoms with van der Waals surface area (Å²) in [6.07, 6.45) is -2.19. The van der Waals surface area contributed by atoms with Crippen LogP contribution in [0.4, 0.5) is 24.7 Å². The average Bonchev–Trinajstić information content (AvgIpc) is 2.76. The van der Waals surface area contributed by atoms with Crippen LogP contribution < -0.4 is 15.4 Å². The number of hydrogen-bond acceptors (Lipinski definition) is 5. The van der Waals surface area contributed by atoms with E-state index in [2.05, 4.69) is 10.1 Å². The van der Waals surface area contributed by atoms with Crippen molar-refractivity contribution in [1.29, 1.82) is 0 Å². The van der Waals surface area contributed by atoms with Crippen LogP contribution in [0.2, 0.25) is 10.0 Å². The second-order valence-corrected chi connectivity index (χ2v) is 7.68. The van der Waals surface area contributed by atoms with Gasteiger partial charge in [-0.15, -0.1) is 0 Å². The lowest BCUT2D eigenvalue weighted by molar-refractivity contribution is -0.137. The van der Waals surface area contributed by atoms with E-state index >= 15 is 0 Å². The Balaban J connectivity index is 1.51. The Kier molecular flexibility index (Phi) is 5.81. The van der Waals surface area contributed by atoms with E-state index in [1.54, 1.807) is 29.2 Å². The molecule has 1 aliphatic rings. The second-order valence-electron chi connectivity index (χ2n) is 6.90. The number of nitrogens with zero attached hydrogens (tertiary/aromatic N) is 5. The number of piperazine rings is 1. The number of para-hydroxylation sites is 1. The molecule has 0 bridgehead atoms. The Morgan fingerprint density at radius 1 is 0.935 bits per heavy atom. The van der Waals surface area contributed by atoms with Crippen LogP contribution in [-0.4, -0.2) is 40.9 Å². The number of alkyl halides is 3. The van der Waals surface area contributed by atoms with Crippen molar-refractivity contribution >= 4 is 34.7 Å². The number of halogens is 5. The van der Waals surface area contributed by atoms with E-state index in [-0.39, 0.29) is 15.9 Å². The van der Waals surface area contributed by atoms with Crippen LogP contribution in [0.1, 0.15) is 5.56 Å². The Labute approximate surface area is 185 Å². The quantitative estimate of drug-likeness (QED) is 0.572. The lowest BCUT2D eigenvalue weighted by Gasteiger charge is -2.37. The van der Waals surface area contributed by atoms with Crippen molar-refractivity contribution in [2.24, 2.45) is 0 Å². The molecule has 3 heterocycles. The molecule has 0 saturated carbocycles. The Hall–Kier alpha value is -2.78. The zero-order valence-corrected chi connectivity index (χ0v) is 17.5. The van der Waals surface area contributed by atoms with Crippen molar-refractivity contribution in [1.82, 2.24) is 14.8 Å². The summed E-state index contributed by atoms with van der Waals surface area (Å²) in [6, 6.07) is 9.81. The molecule has 0 radical (unpaired) electrons. The molecule has 162 valence electrons. The third-order valence-corrected chi connectivity index (χ3v) is 5.60. The lowest BCUT2D eigenvalue weighted by atomic mass is 10.2. The average molecular weight is 470 g/mol. The molecule has 4 rings (SSSR count). The summed E-state index contributed by atoms with van der Waals surface area (Å²) < 4.78 is 39.7. The predicted octanol–water partition coefficient (Wildman–Crippen LogP) is 4.28. The molecule has 1 saturated heterocycles. The van der Waals surface area contributed by atoms with Gasteiger partial charge in [-0.05, 0) is 18.2 Å². The number of rotatable bonds is 3. The van der Waals surface area contributed by atoms with E-state index in [9.17, 15) is 18.0 Å². The van der Waals surface area contributed by atoms with E-state index < -0.39 is 17.3 Å². The Bertz CT molecular complexity index is 1150. The highest BCUT2D eigenvalue weighted by atomic mass is 35.5. The van der Waals surface area contributed by atoms with Crippen LogP contribution in [0.15, 0.2) is 53.6 Å².